The van der Waals surface area contributed by atoms with Gasteiger partial charge in [-0.1, -0.05) is 25.5 Å². The number of non-ortho nitro benzene ring substituents is 1. The number of nitro benzene ring substituents is 1. The van der Waals surface area contributed by atoms with Crippen molar-refractivity contribution >= 4 is 11.6 Å². The third kappa shape index (κ3) is 7.41. The van der Waals surface area contributed by atoms with Crippen molar-refractivity contribution in [3.63, 3.8) is 0 Å². The van der Waals surface area contributed by atoms with E-state index >= 15 is 0 Å². The van der Waals surface area contributed by atoms with Crippen LogP contribution in [-0.2, 0) is 6.54 Å². The Morgan fingerprint density at radius 2 is 1.96 bits per heavy atom. The minimum atomic E-state index is -0.409. The number of aliphatic hydroxyl groups excluding tert-OH is 1. The van der Waals surface area contributed by atoms with E-state index in [4.69, 9.17) is 5.11 Å². The summed E-state index contributed by atoms with van der Waals surface area (Å²) in [7, 11) is 0. The van der Waals surface area contributed by atoms with Gasteiger partial charge in [0.05, 0.1) is 11.5 Å². The molecule has 0 amide bonds. The minimum absolute atomic E-state index is 0.0826. The van der Waals surface area contributed by atoms with Gasteiger partial charge in [-0.25, -0.2) is 4.99 Å². The number of aliphatic imine (C=N–C) groups is 1. The molecule has 0 radical (unpaired) electrons. The van der Waals surface area contributed by atoms with Crippen LogP contribution in [-0.4, -0.2) is 35.7 Å². The van der Waals surface area contributed by atoms with Gasteiger partial charge >= 0.3 is 0 Å². The topological polar surface area (TPSA) is 99.8 Å². The Hall–Kier alpha value is -2.15. The van der Waals surface area contributed by atoms with E-state index in [1.807, 2.05) is 6.92 Å². The highest BCUT2D eigenvalue weighted by Crippen LogP contribution is 2.12. The van der Waals surface area contributed by atoms with Gasteiger partial charge in [0.15, 0.2) is 5.96 Å². The van der Waals surface area contributed by atoms with Crippen molar-refractivity contribution in [1.29, 1.82) is 0 Å². The van der Waals surface area contributed by atoms with Crippen molar-refractivity contribution in [1.82, 2.24) is 10.6 Å². The Bertz CT molecular complexity index is 511. The first-order valence-corrected chi connectivity index (χ1v) is 8.47. The van der Waals surface area contributed by atoms with Crippen LogP contribution in [0.1, 0.15) is 38.7 Å². The Morgan fingerprint density at radius 1 is 1.25 bits per heavy atom. The third-order valence-corrected chi connectivity index (χ3v) is 3.70. The van der Waals surface area contributed by atoms with Crippen molar-refractivity contribution in [2.75, 3.05) is 19.7 Å². The molecule has 0 aromatic heterocycles. The molecule has 1 aromatic rings. The molecule has 1 unspecified atom stereocenters. The number of nitro groups is 1. The lowest BCUT2D eigenvalue weighted by Crippen LogP contribution is -2.40. The fourth-order valence-electron chi connectivity index (χ4n) is 2.42. The van der Waals surface area contributed by atoms with Crippen LogP contribution < -0.4 is 10.6 Å². The Morgan fingerprint density at radius 3 is 2.50 bits per heavy atom. The molecule has 1 rings (SSSR count). The number of nitrogens with zero attached hydrogens (tertiary/aromatic N) is 2. The number of benzene rings is 1. The minimum Gasteiger partial charge on any atom is -0.396 e. The molecular formula is C17H28N4O3. The molecule has 0 aliphatic rings. The number of nitrogens with one attached hydrogen (secondary N) is 2. The maximum Gasteiger partial charge on any atom is 0.269 e. The van der Waals surface area contributed by atoms with E-state index in [1.165, 1.54) is 12.1 Å². The summed E-state index contributed by atoms with van der Waals surface area (Å²) < 4.78 is 0. The lowest BCUT2D eigenvalue weighted by molar-refractivity contribution is -0.384. The molecule has 0 fully saturated rings. The molecule has 0 saturated carbocycles. The molecule has 3 N–H and O–H groups in total. The maximum absolute atomic E-state index is 10.7. The zero-order valence-corrected chi connectivity index (χ0v) is 14.5. The zero-order valence-electron chi connectivity index (χ0n) is 14.5. The Kier molecular flexibility index (Phi) is 9.45. The van der Waals surface area contributed by atoms with E-state index in [-0.39, 0.29) is 12.3 Å². The van der Waals surface area contributed by atoms with Gasteiger partial charge in [-0.3, -0.25) is 10.1 Å². The summed E-state index contributed by atoms with van der Waals surface area (Å²) in [6, 6.07) is 6.42. The van der Waals surface area contributed by atoms with E-state index in [0.29, 0.717) is 12.5 Å². The van der Waals surface area contributed by atoms with Crippen LogP contribution in [0.15, 0.2) is 29.3 Å². The lowest BCUT2D eigenvalue weighted by Gasteiger charge is -2.18. The van der Waals surface area contributed by atoms with Crippen LogP contribution in [0.25, 0.3) is 0 Å². The fourth-order valence-corrected chi connectivity index (χ4v) is 2.42. The number of hydrogen-bond donors (Lipinski definition) is 3. The molecule has 134 valence electrons. The average molecular weight is 336 g/mol. The summed E-state index contributed by atoms with van der Waals surface area (Å²) >= 11 is 0. The van der Waals surface area contributed by atoms with Crippen molar-refractivity contribution in [3.05, 3.63) is 39.9 Å². The second kappa shape index (κ2) is 11.4. The molecule has 0 heterocycles. The predicted octanol–water partition coefficient (Wildman–Crippen LogP) is 2.45. The third-order valence-electron chi connectivity index (χ3n) is 3.70. The maximum atomic E-state index is 10.7. The number of aliphatic hydroxyl groups is 1. The first kappa shape index (κ1) is 19.9. The highest BCUT2D eigenvalue weighted by molar-refractivity contribution is 5.79. The van der Waals surface area contributed by atoms with Crippen LogP contribution in [0.5, 0.6) is 0 Å². The number of hydrogen-bond acceptors (Lipinski definition) is 4. The van der Waals surface area contributed by atoms with Gasteiger partial charge in [-0.05, 0) is 31.2 Å². The second-order valence-corrected chi connectivity index (χ2v) is 5.67. The van der Waals surface area contributed by atoms with Gasteiger partial charge in [-0.15, -0.1) is 0 Å². The molecule has 0 bridgehead atoms. The van der Waals surface area contributed by atoms with Gasteiger partial charge in [0.25, 0.3) is 5.69 Å². The molecule has 0 saturated heterocycles. The Balaban J connectivity index is 2.62. The van der Waals surface area contributed by atoms with Crippen molar-refractivity contribution in [3.8, 4) is 0 Å². The van der Waals surface area contributed by atoms with Gasteiger partial charge in [-0.2, -0.15) is 0 Å². The van der Waals surface area contributed by atoms with E-state index in [1.54, 1.807) is 12.1 Å². The van der Waals surface area contributed by atoms with E-state index in [2.05, 4.69) is 22.5 Å². The normalized spacial score (nSPS) is 12.7. The smallest absolute Gasteiger partial charge is 0.269 e. The summed E-state index contributed by atoms with van der Waals surface area (Å²) in [5.41, 5.74) is 0.998. The van der Waals surface area contributed by atoms with Crippen LogP contribution in [0.4, 0.5) is 5.69 Å². The second-order valence-electron chi connectivity index (χ2n) is 5.67. The summed E-state index contributed by atoms with van der Waals surface area (Å²) in [4.78, 5) is 14.8. The highest BCUT2D eigenvalue weighted by atomic mass is 16.6. The van der Waals surface area contributed by atoms with E-state index < -0.39 is 4.92 Å². The predicted molar refractivity (Wildman–Crippen MR) is 96.0 cm³/mol. The molecule has 7 heteroatoms. The molecule has 0 spiro atoms. The van der Waals surface area contributed by atoms with Gasteiger partial charge in [0.2, 0.25) is 0 Å². The Labute approximate surface area is 143 Å². The fraction of sp³-hybridized carbons (Fsp3) is 0.588. The average Bonchev–Trinajstić information content (AvgIpc) is 2.58. The van der Waals surface area contributed by atoms with Gasteiger partial charge in [0, 0.05) is 31.8 Å². The number of guanidine groups is 1. The molecular weight excluding hydrogens is 308 g/mol. The zero-order chi connectivity index (χ0) is 17.8. The quantitative estimate of drug-likeness (QED) is 0.264. The molecule has 7 nitrogen and oxygen atoms in total. The molecule has 1 atom stereocenters. The molecule has 0 aliphatic carbocycles. The van der Waals surface area contributed by atoms with E-state index in [0.717, 1.165) is 43.9 Å². The molecule has 24 heavy (non-hydrogen) atoms. The number of rotatable bonds is 10. The standard InChI is InChI=1S/C17H28N4O3/c1-3-5-14(10-11-22)12-19-17(18-4-2)20-13-15-6-8-16(9-7-15)21(23)24/h6-9,14,22H,3-5,10-13H2,1-2H3,(H2,18,19,20). The molecule has 1 aromatic carbocycles. The van der Waals surface area contributed by atoms with Gasteiger partial charge < -0.3 is 15.7 Å². The van der Waals surface area contributed by atoms with Crippen LogP contribution in [0, 0.1) is 16.0 Å². The summed E-state index contributed by atoms with van der Waals surface area (Å²) in [6.07, 6.45) is 2.93. The SMILES string of the molecule is CCCC(CCO)CNC(=NCc1ccc([N+](=O)[O-])cc1)NCC. The lowest BCUT2D eigenvalue weighted by atomic mass is 10.0. The van der Waals surface area contributed by atoms with Crippen LogP contribution in [0.2, 0.25) is 0 Å². The highest BCUT2D eigenvalue weighted by Gasteiger charge is 2.08. The molecule has 0 aliphatic heterocycles. The summed E-state index contributed by atoms with van der Waals surface area (Å²) in [6.45, 7) is 6.30. The van der Waals surface area contributed by atoms with Crippen molar-refractivity contribution in [2.24, 2.45) is 10.9 Å². The van der Waals surface area contributed by atoms with Crippen molar-refractivity contribution in [2.45, 2.75) is 39.7 Å². The van der Waals surface area contributed by atoms with Crippen molar-refractivity contribution < 1.29 is 10.0 Å². The summed E-state index contributed by atoms with van der Waals surface area (Å²) in [5, 5.41) is 26.3. The summed E-state index contributed by atoms with van der Waals surface area (Å²) in [5.74, 6) is 1.14. The van der Waals surface area contributed by atoms with Crippen LogP contribution >= 0.6 is 0 Å². The largest absolute Gasteiger partial charge is 0.396 e. The van der Waals surface area contributed by atoms with Crippen LogP contribution in [0.3, 0.4) is 0 Å². The first-order chi connectivity index (χ1) is 11.6. The monoisotopic (exact) mass is 336 g/mol. The van der Waals surface area contributed by atoms with E-state index in [9.17, 15) is 10.1 Å². The van der Waals surface area contributed by atoms with Gasteiger partial charge in [0.1, 0.15) is 0 Å². The first-order valence-electron chi connectivity index (χ1n) is 8.47.